The maximum absolute atomic E-state index is 12.7. The summed E-state index contributed by atoms with van der Waals surface area (Å²) in [5, 5.41) is 8.10. The number of hydrogen-bond donors (Lipinski definition) is 0. The van der Waals surface area contributed by atoms with Gasteiger partial charge in [-0.25, -0.2) is 4.68 Å². The van der Waals surface area contributed by atoms with Crippen LogP contribution in [-0.2, 0) is 12.7 Å². The van der Waals surface area contributed by atoms with Crippen LogP contribution >= 0.6 is 15.9 Å². The Bertz CT molecular complexity index is 1230. The molecular formula is C20H12BrF3N4O2. The van der Waals surface area contributed by atoms with Crippen LogP contribution in [0.2, 0.25) is 0 Å². The molecule has 0 spiro atoms. The Kier molecular flexibility index (Phi) is 5.25. The second-order valence-corrected chi connectivity index (χ2v) is 7.22. The molecule has 0 aliphatic rings. The summed E-state index contributed by atoms with van der Waals surface area (Å²) >= 11 is 3.36. The van der Waals surface area contributed by atoms with Crippen molar-refractivity contribution in [1.29, 1.82) is 0 Å². The standard InChI is InChI=1S/C20H12BrF3N4O2/c21-15-7-3-12(4-8-15)16-9-10-18(29)28(26-16)11-17-25-19(27-30-17)13-1-5-14(6-2-13)20(22,23)24/h1-10H,11H2. The van der Waals surface area contributed by atoms with Crippen LogP contribution in [0.5, 0.6) is 0 Å². The molecule has 4 rings (SSSR count). The maximum atomic E-state index is 12.7. The molecule has 4 aromatic rings. The van der Waals surface area contributed by atoms with Gasteiger partial charge in [-0.15, -0.1) is 0 Å². The van der Waals surface area contributed by atoms with E-state index in [4.69, 9.17) is 4.52 Å². The highest BCUT2D eigenvalue weighted by Gasteiger charge is 2.30. The first-order valence-corrected chi connectivity index (χ1v) is 9.43. The van der Waals surface area contributed by atoms with Crippen LogP contribution in [0.1, 0.15) is 11.5 Å². The molecule has 0 aliphatic carbocycles. The Labute approximate surface area is 176 Å². The fourth-order valence-corrected chi connectivity index (χ4v) is 2.97. The zero-order valence-corrected chi connectivity index (χ0v) is 16.7. The molecule has 0 fully saturated rings. The molecule has 0 aliphatic heterocycles. The van der Waals surface area contributed by atoms with Crippen molar-refractivity contribution in [2.45, 2.75) is 12.7 Å². The lowest BCUT2D eigenvalue weighted by molar-refractivity contribution is -0.137. The summed E-state index contributed by atoms with van der Waals surface area (Å²) in [5.74, 6) is 0.225. The number of nitrogens with zero attached hydrogens (tertiary/aromatic N) is 4. The largest absolute Gasteiger partial charge is 0.416 e. The van der Waals surface area contributed by atoms with Crippen molar-refractivity contribution in [2.24, 2.45) is 0 Å². The molecular weight excluding hydrogens is 465 g/mol. The second kappa shape index (κ2) is 7.86. The fourth-order valence-electron chi connectivity index (χ4n) is 2.71. The molecule has 0 atom stereocenters. The van der Waals surface area contributed by atoms with E-state index in [1.165, 1.54) is 22.9 Å². The molecule has 2 aromatic heterocycles. The van der Waals surface area contributed by atoms with Gasteiger partial charge < -0.3 is 4.52 Å². The number of alkyl halides is 3. The van der Waals surface area contributed by atoms with Gasteiger partial charge in [-0.05, 0) is 30.3 Å². The topological polar surface area (TPSA) is 73.8 Å². The summed E-state index contributed by atoms with van der Waals surface area (Å²) in [7, 11) is 0. The molecule has 6 nitrogen and oxygen atoms in total. The first-order chi connectivity index (χ1) is 14.3. The van der Waals surface area contributed by atoms with Gasteiger partial charge in [0.05, 0.1) is 11.3 Å². The third-order valence-electron chi connectivity index (χ3n) is 4.23. The van der Waals surface area contributed by atoms with Gasteiger partial charge in [0.15, 0.2) is 0 Å². The molecule has 0 radical (unpaired) electrons. The van der Waals surface area contributed by atoms with E-state index in [-0.39, 0.29) is 23.8 Å². The van der Waals surface area contributed by atoms with Crippen molar-refractivity contribution in [3.8, 4) is 22.6 Å². The summed E-state index contributed by atoms with van der Waals surface area (Å²) in [4.78, 5) is 16.3. The van der Waals surface area contributed by atoms with E-state index in [1.54, 1.807) is 6.07 Å². The SMILES string of the molecule is O=c1ccc(-c2ccc(Br)cc2)nn1Cc1nc(-c2ccc(C(F)(F)F)cc2)no1. The molecule has 0 saturated carbocycles. The van der Waals surface area contributed by atoms with E-state index in [0.717, 1.165) is 22.2 Å². The lowest BCUT2D eigenvalue weighted by Gasteiger charge is -2.06. The van der Waals surface area contributed by atoms with Crippen molar-refractivity contribution < 1.29 is 17.7 Å². The van der Waals surface area contributed by atoms with E-state index < -0.39 is 11.7 Å². The minimum Gasteiger partial charge on any atom is -0.337 e. The molecule has 30 heavy (non-hydrogen) atoms. The molecule has 10 heteroatoms. The lowest BCUT2D eigenvalue weighted by Crippen LogP contribution is -2.23. The Balaban J connectivity index is 1.57. The van der Waals surface area contributed by atoms with Gasteiger partial charge in [-0.3, -0.25) is 4.79 Å². The molecule has 152 valence electrons. The molecule has 2 aromatic carbocycles. The van der Waals surface area contributed by atoms with Crippen LogP contribution in [0.3, 0.4) is 0 Å². The summed E-state index contributed by atoms with van der Waals surface area (Å²) in [6, 6.07) is 14.8. The highest BCUT2D eigenvalue weighted by Crippen LogP contribution is 2.30. The van der Waals surface area contributed by atoms with Crippen molar-refractivity contribution >= 4 is 15.9 Å². The normalized spacial score (nSPS) is 11.6. The minimum atomic E-state index is -4.42. The Morgan fingerprint density at radius 1 is 0.933 bits per heavy atom. The van der Waals surface area contributed by atoms with Crippen molar-refractivity contribution in [2.75, 3.05) is 0 Å². The van der Waals surface area contributed by atoms with Gasteiger partial charge in [0.1, 0.15) is 6.54 Å². The van der Waals surface area contributed by atoms with E-state index in [9.17, 15) is 18.0 Å². The predicted octanol–water partition coefficient (Wildman–Crippen LogP) is 4.79. The average Bonchev–Trinajstić information content (AvgIpc) is 3.18. The van der Waals surface area contributed by atoms with Crippen LogP contribution < -0.4 is 5.56 Å². The zero-order valence-electron chi connectivity index (χ0n) is 15.1. The smallest absolute Gasteiger partial charge is 0.337 e. The number of hydrogen-bond acceptors (Lipinski definition) is 5. The van der Waals surface area contributed by atoms with Gasteiger partial charge in [0.25, 0.3) is 5.56 Å². The molecule has 2 heterocycles. The highest BCUT2D eigenvalue weighted by atomic mass is 79.9. The number of halogens is 4. The Morgan fingerprint density at radius 2 is 1.60 bits per heavy atom. The quantitative estimate of drug-likeness (QED) is 0.423. The van der Waals surface area contributed by atoms with E-state index >= 15 is 0 Å². The Hall–Kier alpha value is -3.27. The van der Waals surface area contributed by atoms with E-state index in [2.05, 4.69) is 31.2 Å². The van der Waals surface area contributed by atoms with Crippen LogP contribution in [0, 0.1) is 0 Å². The van der Waals surface area contributed by atoms with Gasteiger partial charge in [0, 0.05) is 21.7 Å². The third kappa shape index (κ3) is 4.33. The monoisotopic (exact) mass is 476 g/mol. The predicted molar refractivity (Wildman–Crippen MR) is 105 cm³/mol. The van der Waals surface area contributed by atoms with Crippen LogP contribution in [0.4, 0.5) is 13.2 Å². The summed E-state index contributed by atoms with van der Waals surface area (Å²) < 4.78 is 45.3. The summed E-state index contributed by atoms with van der Waals surface area (Å²) in [5.41, 5.74) is 0.648. The van der Waals surface area contributed by atoms with Crippen molar-refractivity contribution in [3.05, 3.63) is 86.9 Å². The van der Waals surface area contributed by atoms with Crippen LogP contribution in [0.25, 0.3) is 22.6 Å². The molecule has 0 saturated heterocycles. The minimum absolute atomic E-state index is 0.0726. The lowest BCUT2D eigenvalue weighted by atomic mass is 10.1. The van der Waals surface area contributed by atoms with Gasteiger partial charge in [0.2, 0.25) is 11.7 Å². The van der Waals surface area contributed by atoms with Crippen molar-refractivity contribution in [3.63, 3.8) is 0 Å². The Morgan fingerprint density at radius 3 is 2.27 bits per heavy atom. The van der Waals surface area contributed by atoms with Gasteiger partial charge in [-0.2, -0.15) is 23.3 Å². The van der Waals surface area contributed by atoms with Gasteiger partial charge in [-0.1, -0.05) is 45.4 Å². The fraction of sp³-hybridized carbons (Fsp3) is 0.100. The molecule has 0 unspecified atom stereocenters. The van der Waals surface area contributed by atoms with Crippen LogP contribution in [-0.4, -0.2) is 19.9 Å². The highest BCUT2D eigenvalue weighted by molar-refractivity contribution is 9.10. The van der Waals surface area contributed by atoms with Crippen molar-refractivity contribution in [1.82, 2.24) is 19.9 Å². The molecule has 0 bridgehead atoms. The molecule has 0 N–H and O–H groups in total. The van der Waals surface area contributed by atoms with E-state index in [1.807, 2.05) is 24.3 Å². The summed E-state index contributed by atoms with van der Waals surface area (Å²) in [6.07, 6.45) is -4.42. The number of rotatable bonds is 4. The molecule has 0 amide bonds. The zero-order chi connectivity index (χ0) is 21.3. The maximum Gasteiger partial charge on any atom is 0.416 e. The average molecular weight is 477 g/mol. The second-order valence-electron chi connectivity index (χ2n) is 6.31. The van der Waals surface area contributed by atoms with Crippen LogP contribution in [0.15, 0.2) is 74.5 Å². The number of benzene rings is 2. The first-order valence-electron chi connectivity index (χ1n) is 8.64. The number of aromatic nitrogens is 4. The van der Waals surface area contributed by atoms with Gasteiger partial charge >= 0.3 is 6.18 Å². The summed E-state index contributed by atoms with van der Waals surface area (Å²) in [6.45, 7) is -0.0726. The first kappa shape index (κ1) is 20.0. The third-order valence-corrected chi connectivity index (χ3v) is 4.76. The van der Waals surface area contributed by atoms with E-state index in [0.29, 0.717) is 11.3 Å².